The van der Waals surface area contributed by atoms with Crippen molar-refractivity contribution in [1.82, 2.24) is 0 Å². The van der Waals surface area contributed by atoms with Crippen LogP contribution in [0, 0.1) is 0 Å². The zero-order valence-corrected chi connectivity index (χ0v) is 36.4. The molecule has 0 saturated heterocycles. The van der Waals surface area contributed by atoms with E-state index >= 15 is 0 Å². The average molecular weight is 829 g/mol. The summed E-state index contributed by atoms with van der Waals surface area (Å²) >= 11 is 0. The van der Waals surface area contributed by atoms with Crippen molar-refractivity contribution in [2.75, 3.05) is 41.4 Å². The Balaban J connectivity index is 1.59. The van der Waals surface area contributed by atoms with E-state index in [4.69, 9.17) is 0 Å². The summed E-state index contributed by atoms with van der Waals surface area (Å²) in [7, 11) is -10.3. The first-order valence-corrected chi connectivity index (χ1v) is 23.9. The predicted octanol–water partition coefficient (Wildman–Crippen LogP) is 7.54. The molecular formula is C42H58N3O8S3+. The molecule has 56 heavy (non-hydrogen) atoms. The number of benzene rings is 2. The van der Waals surface area contributed by atoms with Crippen molar-refractivity contribution < 1.29 is 38.3 Å². The maximum Gasteiger partial charge on any atom is 0.369 e. The Labute approximate surface area is 334 Å². The minimum Gasteiger partial charge on any atom is -0.344 e. The molecule has 1 saturated carbocycles. The first-order chi connectivity index (χ1) is 25.9. The van der Waals surface area contributed by atoms with E-state index in [9.17, 15) is 34.4 Å². The van der Waals surface area contributed by atoms with E-state index in [1.54, 1.807) is 27.8 Å². The third-order valence-electron chi connectivity index (χ3n) is 11.3. The van der Waals surface area contributed by atoms with Crippen LogP contribution in [0.25, 0.3) is 0 Å². The van der Waals surface area contributed by atoms with E-state index in [1.165, 1.54) is 3.98 Å². The lowest BCUT2D eigenvalue weighted by atomic mass is 9.83. The van der Waals surface area contributed by atoms with Crippen LogP contribution < -0.4 is 9.80 Å². The van der Waals surface area contributed by atoms with Gasteiger partial charge >= 0.3 is 10.0 Å². The second-order valence-electron chi connectivity index (χ2n) is 17.0. The lowest BCUT2D eigenvalue weighted by Gasteiger charge is -2.27. The lowest BCUT2D eigenvalue weighted by molar-refractivity contribution is -0.328. The van der Waals surface area contributed by atoms with E-state index in [-0.39, 0.29) is 11.5 Å². The van der Waals surface area contributed by atoms with E-state index in [0.717, 1.165) is 45.0 Å². The quantitative estimate of drug-likeness (QED) is 0.118. The van der Waals surface area contributed by atoms with Gasteiger partial charge in [-0.15, -0.1) is 3.98 Å². The number of allylic oxidation sites excluding steroid dienone is 8. The van der Waals surface area contributed by atoms with Gasteiger partial charge in [-0.1, -0.05) is 76.2 Å². The summed E-state index contributed by atoms with van der Waals surface area (Å²) in [4.78, 5) is 4.40. The first-order valence-electron chi connectivity index (χ1n) is 19.2. The van der Waals surface area contributed by atoms with E-state index in [1.807, 2.05) is 36.4 Å². The largest absolute Gasteiger partial charge is 0.369 e. The molecule has 2 aromatic carbocycles. The summed E-state index contributed by atoms with van der Waals surface area (Å²) in [6, 6.07) is 16.3. The highest BCUT2D eigenvalue weighted by Gasteiger charge is 2.44. The Morgan fingerprint density at radius 3 is 1.38 bits per heavy atom. The van der Waals surface area contributed by atoms with Gasteiger partial charge in [0.15, 0.2) is 7.05 Å². The minimum absolute atomic E-state index is 0.303. The SMILES string of the molecule is C[N+](=C1C(=CC=C2N(CCCCS(=O)(=O)O)c3ccccc3C2(C)C)CCC1=CC=C1N(CCCCS(=O)(=O)O)c2ccccc2C1(C)C)S(=O)(=O)C(C)(C)C. The number of nitrogens with zero attached hydrogens (tertiary/aromatic N) is 3. The van der Waals surface area contributed by atoms with Gasteiger partial charge in [-0.3, -0.25) is 9.11 Å². The Kier molecular flexibility index (Phi) is 12.4. The van der Waals surface area contributed by atoms with Gasteiger partial charge in [-0.25, -0.2) is 0 Å². The summed E-state index contributed by atoms with van der Waals surface area (Å²) in [5.74, 6) is -0.607. The summed E-state index contributed by atoms with van der Waals surface area (Å²) in [6.07, 6.45) is 11.1. The first kappa shape index (κ1) is 43.6. The van der Waals surface area contributed by atoms with Crippen molar-refractivity contribution in [2.45, 2.75) is 103 Å². The fraction of sp³-hybridized carbons (Fsp3) is 0.500. The highest BCUT2D eigenvalue weighted by atomic mass is 32.2. The third kappa shape index (κ3) is 9.09. The molecule has 2 aromatic rings. The maximum absolute atomic E-state index is 14.1. The summed E-state index contributed by atoms with van der Waals surface area (Å²) in [5, 5.41) is 0. The van der Waals surface area contributed by atoms with Crippen LogP contribution in [-0.4, -0.2) is 80.4 Å². The number of unbranched alkanes of at least 4 members (excludes halogenated alkanes) is 2. The lowest BCUT2D eigenvalue weighted by Crippen LogP contribution is -2.38. The van der Waals surface area contributed by atoms with Gasteiger partial charge in [0.2, 0.25) is 5.71 Å². The molecule has 14 heteroatoms. The van der Waals surface area contributed by atoms with Crippen LogP contribution in [0.5, 0.6) is 0 Å². The highest BCUT2D eigenvalue weighted by molar-refractivity contribution is 7.87. The van der Waals surface area contributed by atoms with Crippen molar-refractivity contribution in [1.29, 1.82) is 0 Å². The molecule has 5 rings (SSSR count). The van der Waals surface area contributed by atoms with Crippen LogP contribution in [0.1, 0.15) is 98.1 Å². The van der Waals surface area contributed by atoms with Gasteiger partial charge in [0.25, 0.3) is 20.2 Å². The average Bonchev–Trinajstić information content (AvgIpc) is 3.66. The van der Waals surface area contributed by atoms with Crippen LogP contribution in [0.15, 0.2) is 95.4 Å². The molecule has 1 fully saturated rings. The van der Waals surface area contributed by atoms with Gasteiger partial charge in [-0.05, 0) is 94.7 Å². The molecule has 11 nitrogen and oxygen atoms in total. The number of anilines is 2. The smallest absolute Gasteiger partial charge is 0.344 e. The van der Waals surface area contributed by atoms with Gasteiger partial charge in [-0.2, -0.15) is 25.3 Å². The van der Waals surface area contributed by atoms with E-state index < -0.39 is 45.8 Å². The molecule has 0 amide bonds. The van der Waals surface area contributed by atoms with Crippen LogP contribution in [0.2, 0.25) is 0 Å². The highest BCUT2D eigenvalue weighted by Crippen LogP contribution is 2.49. The Morgan fingerprint density at radius 1 is 0.643 bits per heavy atom. The molecule has 2 heterocycles. The molecule has 2 N–H and O–H groups in total. The van der Waals surface area contributed by atoms with Crippen LogP contribution in [0.4, 0.5) is 11.4 Å². The fourth-order valence-electron chi connectivity index (χ4n) is 8.20. The Bertz CT molecular complexity index is 2210. The summed E-state index contributed by atoms with van der Waals surface area (Å²) < 4.78 is 92.8. The van der Waals surface area contributed by atoms with Crippen molar-refractivity contribution in [2.24, 2.45) is 0 Å². The summed E-state index contributed by atoms with van der Waals surface area (Å²) in [6.45, 7) is 14.8. The maximum atomic E-state index is 14.1. The molecule has 0 unspecified atom stereocenters. The zero-order chi connectivity index (χ0) is 41.5. The van der Waals surface area contributed by atoms with Crippen LogP contribution in [0.3, 0.4) is 0 Å². The Morgan fingerprint density at radius 2 is 1.02 bits per heavy atom. The number of hydrogen-bond donors (Lipinski definition) is 2. The number of hydrogen-bond acceptors (Lipinski definition) is 8. The summed E-state index contributed by atoms with van der Waals surface area (Å²) in [5.41, 5.74) is 7.97. The van der Waals surface area contributed by atoms with Crippen molar-refractivity contribution in [3.8, 4) is 0 Å². The van der Waals surface area contributed by atoms with Gasteiger partial charge in [0.1, 0.15) is 4.75 Å². The van der Waals surface area contributed by atoms with E-state index in [0.29, 0.717) is 57.3 Å². The molecule has 1 aliphatic carbocycles. The zero-order valence-electron chi connectivity index (χ0n) is 33.9. The van der Waals surface area contributed by atoms with Crippen LogP contribution >= 0.6 is 0 Å². The van der Waals surface area contributed by atoms with Crippen molar-refractivity contribution >= 4 is 47.3 Å². The van der Waals surface area contributed by atoms with E-state index in [2.05, 4.69) is 73.9 Å². The van der Waals surface area contributed by atoms with Gasteiger partial charge in [0, 0.05) is 57.8 Å². The minimum atomic E-state index is -4.06. The number of sulfonamides is 1. The number of rotatable bonds is 13. The molecule has 306 valence electrons. The van der Waals surface area contributed by atoms with Gasteiger partial charge < -0.3 is 9.80 Å². The normalized spacial score (nSPS) is 21.1. The van der Waals surface area contributed by atoms with Crippen molar-refractivity contribution in [3.63, 3.8) is 0 Å². The standard InChI is InChI=1S/C42H57N3O8S3/c1-40(2,3)56(52,53)43(8)39-31(23-25-37-41(4,5)33-17-9-11-19-35(33)44(37)27-13-15-29-54(46,47)48)21-22-32(39)24-26-38-42(6,7)34-18-10-12-20-36(34)45(38)28-14-16-30-55(49,50)51/h9-12,17-20,23-26H,13-16,21-22,27-30H2,1-8H3,(H-,46,47,48,49,50,51)/p+1. The molecular weight excluding hydrogens is 771 g/mol. The molecule has 0 spiro atoms. The van der Waals surface area contributed by atoms with Crippen molar-refractivity contribution in [3.05, 3.63) is 107 Å². The molecule has 2 aliphatic heterocycles. The molecule has 0 radical (unpaired) electrons. The molecule has 0 atom stereocenters. The monoisotopic (exact) mass is 828 g/mol. The topological polar surface area (TPSA) is 152 Å². The third-order valence-corrected chi connectivity index (χ3v) is 15.3. The van der Waals surface area contributed by atoms with Gasteiger partial charge in [0.05, 0.1) is 11.5 Å². The number of fused-ring (bicyclic) bond motifs is 2. The number of para-hydroxylation sites is 2. The van der Waals surface area contributed by atoms with Crippen LogP contribution in [-0.2, 0) is 41.1 Å². The molecule has 0 bridgehead atoms. The molecule has 0 aromatic heterocycles. The fourth-order valence-corrected chi connectivity index (χ4v) is 10.6. The molecule has 3 aliphatic rings. The second-order valence-corrected chi connectivity index (χ2v) is 22.9. The predicted molar refractivity (Wildman–Crippen MR) is 226 cm³/mol. The second kappa shape index (κ2) is 16.0. The Hall–Kier alpha value is -3.56.